The number of aromatic nitrogens is 1. The summed E-state index contributed by atoms with van der Waals surface area (Å²) < 4.78 is 2.12. The van der Waals surface area contributed by atoms with E-state index in [2.05, 4.69) is 21.9 Å². The molecule has 0 fully saturated rings. The summed E-state index contributed by atoms with van der Waals surface area (Å²) in [6.07, 6.45) is 0. The molecule has 0 radical (unpaired) electrons. The van der Waals surface area contributed by atoms with E-state index in [0.29, 0.717) is 5.56 Å². The lowest BCUT2D eigenvalue weighted by molar-refractivity contribution is 0.318. The van der Waals surface area contributed by atoms with E-state index in [4.69, 9.17) is 10.9 Å². The van der Waals surface area contributed by atoms with Crippen LogP contribution in [0.1, 0.15) is 17.0 Å². The van der Waals surface area contributed by atoms with Crippen LogP contribution in [0.2, 0.25) is 0 Å². The predicted octanol–water partition coefficient (Wildman–Crippen LogP) is 2.19. The largest absolute Gasteiger partial charge is 0.409 e. The van der Waals surface area contributed by atoms with Crippen LogP contribution in [0, 0.1) is 13.8 Å². The number of rotatable bonds is 2. The van der Waals surface area contributed by atoms with Crippen LogP contribution >= 0.6 is 0 Å². The first-order chi connectivity index (χ1) is 8.13. The summed E-state index contributed by atoms with van der Waals surface area (Å²) in [6.45, 7) is 4.09. The van der Waals surface area contributed by atoms with Gasteiger partial charge in [-0.05, 0) is 38.1 Å². The second-order valence-corrected chi connectivity index (χ2v) is 3.99. The molecule has 1 heterocycles. The lowest BCUT2D eigenvalue weighted by Gasteiger charge is -2.10. The van der Waals surface area contributed by atoms with Crippen molar-refractivity contribution in [3.8, 4) is 5.69 Å². The van der Waals surface area contributed by atoms with E-state index < -0.39 is 0 Å². The van der Waals surface area contributed by atoms with Crippen LogP contribution in [0.5, 0.6) is 0 Å². The standard InChI is InChI=1S/C13H15N3O/c1-9-6-7-10(2)16(9)12-5-3-4-11(8-12)13(14)15-17/h3-8,17H,1-2H3,(H2,14,15). The fraction of sp³-hybridized carbons (Fsp3) is 0.154. The number of nitrogens with zero attached hydrogens (tertiary/aromatic N) is 2. The zero-order valence-corrected chi connectivity index (χ0v) is 9.88. The molecular formula is C13H15N3O. The van der Waals surface area contributed by atoms with Crippen molar-refractivity contribution in [2.24, 2.45) is 10.9 Å². The van der Waals surface area contributed by atoms with Gasteiger partial charge in [0.2, 0.25) is 0 Å². The van der Waals surface area contributed by atoms with E-state index in [-0.39, 0.29) is 5.84 Å². The highest BCUT2D eigenvalue weighted by Crippen LogP contribution is 2.17. The molecule has 0 spiro atoms. The average molecular weight is 229 g/mol. The molecule has 2 rings (SSSR count). The van der Waals surface area contributed by atoms with Crippen LogP contribution in [0.3, 0.4) is 0 Å². The quantitative estimate of drug-likeness (QED) is 0.359. The predicted molar refractivity (Wildman–Crippen MR) is 67.8 cm³/mol. The maximum Gasteiger partial charge on any atom is 0.170 e. The molecule has 2 aromatic rings. The minimum absolute atomic E-state index is 0.120. The lowest BCUT2D eigenvalue weighted by atomic mass is 10.2. The van der Waals surface area contributed by atoms with Gasteiger partial charge in [-0.15, -0.1) is 0 Å². The van der Waals surface area contributed by atoms with Crippen molar-refractivity contribution >= 4 is 5.84 Å². The zero-order chi connectivity index (χ0) is 12.4. The minimum Gasteiger partial charge on any atom is -0.409 e. The fourth-order valence-electron chi connectivity index (χ4n) is 1.94. The van der Waals surface area contributed by atoms with Gasteiger partial charge >= 0.3 is 0 Å². The molecule has 0 aliphatic rings. The minimum atomic E-state index is 0.120. The summed E-state index contributed by atoms with van der Waals surface area (Å²) in [4.78, 5) is 0. The van der Waals surface area contributed by atoms with Gasteiger partial charge in [0, 0.05) is 22.6 Å². The van der Waals surface area contributed by atoms with E-state index in [1.807, 2.05) is 38.1 Å². The summed E-state index contributed by atoms with van der Waals surface area (Å²) in [5, 5.41) is 11.7. The van der Waals surface area contributed by atoms with Crippen LogP contribution < -0.4 is 5.73 Å². The SMILES string of the molecule is Cc1ccc(C)n1-c1cccc(/C(N)=N\O)c1. The smallest absolute Gasteiger partial charge is 0.170 e. The molecule has 0 amide bonds. The van der Waals surface area contributed by atoms with Crippen molar-refractivity contribution < 1.29 is 5.21 Å². The normalized spacial score (nSPS) is 11.8. The van der Waals surface area contributed by atoms with Crippen molar-refractivity contribution in [3.05, 3.63) is 53.3 Å². The van der Waals surface area contributed by atoms with Gasteiger partial charge in [0.05, 0.1) is 0 Å². The first-order valence-electron chi connectivity index (χ1n) is 5.37. The number of hydrogen-bond acceptors (Lipinski definition) is 2. The molecule has 0 saturated carbocycles. The summed E-state index contributed by atoms with van der Waals surface area (Å²) in [5.74, 6) is 0.120. The molecule has 1 aromatic heterocycles. The number of benzene rings is 1. The van der Waals surface area contributed by atoms with Gasteiger partial charge in [0.1, 0.15) is 0 Å². The van der Waals surface area contributed by atoms with E-state index in [1.165, 1.54) is 0 Å². The van der Waals surface area contributed by atoms with Crippen molar-refractivity contribution in [1.29, 1.82) is 0 Å². The number of hydrogen-bond donors (Lipinski definition) is 2. The van der Waals surface area contributed by atoms with Gasteiger partial charge in [-0.3, -0.25) is 0 Å². The molecule has 0 aliphatic carbocycles. The third kappa shape index (κ3) is 2.01. The Morgan fingerprint density at radius 3 is 2.41 bits per heavy atom. The molecule has 3 N–H and O–H groups in total. The average Bonchev–Trinajstić information content (AvgIpc) is 2.68. The summed E-state index contributed by atoms with van der Waals surface area (Å²) >= 11 is 0. The first-order valence-corrected chi connectivity index (χ1v) is 5.37. The molecule has 4 heteroatoms. The lowest BCUT2D eigenvalue weighted by Crippen LogP contribution is -2.13. The first kappa shape index (κ1) is 11.3. The van der Waals surface area contributed by atoms with Crippen molar-refractivity contribution in [3.63, 3.8) is 0 Å². The van der Waals surface area contributed by atoms with Crippen LogP contribution in [0.4, 0.5) is 0 Å². The van der Waals surface area contributed by atoms with Crippen LogP contribution in [-0.4, -0.2) is 15.6 Å². The van der Waals surface area contributed by atoms with E-state index in [1.54, 1.807) is 0 Å². The van der Waals surface area contributed by atoms with Gasteiger partial charge in [0.25, 0.3) is 0 Å². The maximum absolute atomic E-state index is 8.68. The third-order valence-corrected chi connectivity index (χ3v) is 2.78. The second-order valence-electron chi connectivity index (χ2n) is 3.99. The molecule has 0 aliphatic heterocycles. The van der Waals surface area contributed by atoms with Crippen molar-refractivity contribution in [2.45, 2.75) is 13.8 Å². The Hall–Kier alpha value is -2.23. The Kier molecular flexibility index (Phi) is 2.87. The summed E-state index contributed by atoms with van der Waals surface area (Å²) in [6, 6.07) is 11.7. The Labute approximate surface area is 100.0 Å². The van der Waals surface area contributed by atoms with Crippen molar-refractivity contribution in [2.75, 3.05) is 0 Å². The number of aryl methyl sites for hydroxylation is 2. The molecule has 4 nitrogen and oxygen atoms in total. The molecule has 88 valence electrons. The summed E-state index contributed by atoms with van der Waals surface area (Å²) in [5.41, 5.74) is 9.60. The third-order valence-electron chi connectivity index (χ3n) is 2.78. The van der Waals surface area contributed by atoms with E-state index in [0.717, 1.165) is 17.1 Å². The second kappa shape index (κ2) is 4.33. The monoisotopic (exact) mass is 229 g/mol. The van der Waals surface area contributed by atoms with Gasteiger partial charge < -0.3 is 15.5 Å². The Balaban J connectivity index is 2.54. The number of amidine groups is 1. The van der Waals surface area contributed by atoms with Gasteiger partial charge in [-0.1, -0.05) is 17.3 Å². The van der Waals surface area contributed by atoms with Crippen LogP contribution in [-0.2, 0) is 0 Å². The number of oxime groups is 1. The highest BCUT2D eigenvalue weighted by atomic mass is 16.4. The molecule has 0 bridgehead atoms. The Morgan fingerprint density at radius 1 is 1.18 bits per heavy atom. The highest BCUT2D eigenvalue weighted by molar-refractivity contribution is 5.97. The summed E-state index contributed by atoms with van der Waals surface area (Å²) in [7, 11) is 0. The Bertz CT molecular complexity index is 550. The topological polar surface area (TPSA) is 63.5 Å². The van der Waals surface area contributed by atoms with Gasteiger partial charge in [-0.25, -0.2) is 0 Å². The maximum atomic E-state index is 8.68. The van der Waals surface area contributed by atoms with Gasteiger partial charge in [0.15, 0.2) is 5.84 Å². The molecule has 0 unspecified atom stereocenters. The van der Waals surface area contributed by atoms with Crippen LogP contribution in [0.25, 0.3) is 5.69 Å². The van der Waals surface area contributed by atoms with Gasteiger partial charge in [-0.2, -0.15) is 0 Å². The fourth-order valence-corrected chi connectivity index (χ4v) is 1.94. The molecule has 17 heavy (non-hydrogen) atoms. The van der Waals surface area contributed by atoms with Crippen molar-refractivity contribution in [1.82, 2.24) is 4.57 Å². The molecular weight excluding hydrogens is 214 g/mol. The van der Waals surface area contributed by atoms with E-state index in [9.17, 15) is 0 Å². The zero-order valence-electron chi connectivity index (χ0n) is 9.88. The molecule has 0 atom stereocenters. The van der Waals surface area contributed by atoms with E-state index >= 15 is 0 Å². The van der Waals surface area contributed by atoms with Crippen LogP contribution in [0.15, 0.2) is 41.6 Å². The molecule has 0 saturated heterocycles. The highest BCUT2D eigenvalue weighted by Gasteiger charge is 2.06. The Morgan fingerprint density at radius 2 is 1.82 bits per heavy atom. The number of nitrogens with two attached hydrogens (primary N) is 1. The molecule has 1 aromatic carbocycles.